The number of aryl methyl sites for hydroxylation is 2. The van der Waals surface area contributed by atoms with Crippen molar-refractivity contribution in [3.05, 3.63) is 65.3 Å². The van der Waals surface area contributed by atoms with Crippen LogP contribution in [0.5, 0.6) is 5.88 Å². The Balaban J connectivity index is 1.69. The Kier molecular flexibility index (Phi) is 3.66. The molecule has 0 aliphatic carbocycles. The number of hydrogen-bond donors (Lipinski definition) is 1. The molecule has 0 radical (unpaired) electrons. The van der Waals surface area contributed by atoms with Gasteiger partial charge in [-0.15, -0.1) is 0 Å². The van der Waals surface area contributed by atoms with E-state index in [1.54, 1.807) is 0 Å². The summed E-state index contributed by atoms with van der Waals surface area (Å²) in [5, 5.41) is 12.9. The van der Waals surface area contributed by atoms with Crippen molar-refractivity contribution >= 4 is 22.4 Å². The van der Waals surface area contributed by atoms with Gasteiger partial charge in [-0.1, -0.05) is 41.9 Å². The van der Waals surface area contributed by atoms with Crippen molar-refractivity contribution < 1.29 is 5.11 Å². The molecule has 3 rings (SSSR count). The molecule has 0 unspecified atom stereocenters. The fourth-order valence-corrected chi connectivity index (χ4v) is 2.73. The molecular weight excluding hydrogens is 270 g/mol. The lowest BCUT2D eigenvalue weighted by atomic mass is 10.1. The average molecular weight is 286 g/mol. The molecule has 102 valence electrons. The second-order valence-electron chi connectivity index (χ2n) is 4.97. The van der Waals surface area contributed by atoms with Crippen LogP contribution in [0.1, 0.15) is 12.0 Å². The maximum absolute atomic E-state index is 10.2. The van der Waals surface area contributed by atoms with E-state index in [1.165, 1.54) is 5.56 Å². The molecule has 0 aliphatic heterocycles. The quantitative estimate of drug-likeness (QED) is 0.742. The van der Waals surface area contributed by atoms with Crippen molar-refractivity contribution in [2.75, 3.05) is 0 Å². The number of rotatable bonds is 4. The van der Waals surface area contributed by atoms with E-state index in [0.29, 0.717) is 5.88 Å². The Labute approximate surface area is 123 Å². The second-order valence-corrected chi connectivity index (χ2v) is 5.40. The highest BCUT2D eigenvalue weighted by molar-refractivity contribution is 6.30. The van der Waals surface area contributed by atoms with Crippen LogP contribution in [0.15, 0.2) is 54.7 Å². The first-order chi connectivity index (χ1) is 9.74. The van der Waals surface area contributed by atoms with Crippen LogP contribution < -0.4 is 0 Å². The van der Waals surface area contributed by atoms with Gasteiger partial charge in [0, 0.05) is 28.5 Å². The molecule has 0 amide bonds. The normalized spacial score (nSPS) is 11.1. The molecule has 2 aromatic carbocycles. The van der Waals surface area contributed by atoms with Gasteiger partial charge in [-0.25, -0.2) is 0 Å². The molecule has 0 bridgehead atoms. The maximum Gasteiger partial charge on any atom is 0.199 e. The van der Waals surface area contributed by atoms with Crippen LogP contribution in [-0.4, -0.2) is 9.67 Å². The van der Waals surface area contributed by atoms with Crippen LogP contribution in [0.25, 0.3) is 10.8 Å². The van der Waals surface area contributed by atoms with Crippen LogP contribution in [-0.2, 0) is 13.0 Å². The highest BCUT2D eigenvalue weighted by atomic mass is 35.5. The van der Waals surface area contributed by atoms with Crippen molar-refractivity contribution in [2.24, 2.45) is 0 Å². The first-order valence-electron chi connectivity index (χ1n) is 6.75. The van der Waals surface area contributed by atoms with Gasteiger partial charge in [0.1, 0.15) is 0 Å². The number of fused-ring (bicyclic) bond motifs is 1. The zero-order valence-electron chi connectivity index (χ0n) is 11.1. The Morgan fingerprint density at radius 2 is 1.90 bits per heavy atom. The van der Waals surface area contributed by atoms with Crippen molar-refractivity contribution in [2.45, 2.75) is 19.4 Å². The Morgan fingerprint density at radius 3 is 2.70 bits per heavy atom. The molecule has 0 spiro atoms. The lowest BCUT2D eigenvalue weighted by Gasteiger charge is -2.05. The average Bonchev–Trinajstić information content (AvgIpc) is 2.76. The van der Waals surface area contributed by atoms with Crippen LogP contribution in [0.2, 0.25) is 5.02 Å². The summed E-state index contributed by atoms with van der Waals surface area (Å²) in [7, 11) is 0. The lowest BCUT2D eigenvalue weighted by molar-refractivity contribution is 0.418. The van der Waals surface area contributed by atoms with Gasteiger partial charge in [-0.3, -0.25) is 0 Å². The molecule has 1 N–H and O–H groups in total. The van der Waals surface area contributed by atoms with E-state index in [9.17, 15) is 5.11 Å². The molecular formula is C17H16ClNO. The number of hydrogen-bond acceptors (Lipinski definition) is 1. The molecule has 0 fully saturated rings. The van der Waals surface area contributed by atoms with Crippen LogP contribution in [0.3, 0.4) is 0 Å². The van der Waals surface area contributed by atoms with Gasteiger partial charge in [0.2, 0.25) is 0 Å². The second kappa shape index (κ2) is 5.59. The zero-order valence-corrected chi connectivity index (χ0v) is 11.8. The monoisotopic (exact) mass is 285 g/mol. The van der Waals surface area contributed by atoms with Crippen LogP contribution in [0.4, 0.5) is 0 Å². The number of nitrogens with zero attached hydrogens (tertiary/aromatic N) is 1. The number of benzene rings is 2. The smallest absolute Gasteiger partial charge is 0.199 e. The van der Waals surface area contributed by atoms with E-state index in [2.05, 4.69) is 6.07 Å². The number of halogens is 1. The van der Waals surface area contributed by atoms with Gasteiger partial charge < -0.3 is 9.67 Å². The minimum absolute atomic E-state index is 0.353. The van der Waals surface area contributed by atoms with Gasteiger partial charge in [0.15, 0.2) is 5.88 Å². The predicted octanol–water partition coefficient (Wildman–Crippen LogP) is 4.63. The van der Waals surface area contributed by atoms with Crippen LogP contribution >= 0.6 is 11.6 Å². The molecule has 0 aliphatic rings. The minimum Gasteiger partial charge on any atom is -0.494 e. The van der Waals surface area contributed by atoms with Gasteiger partial charge >= 0.3 is 0 Å². The molecule has 0 saturated heterocycles. The highest BCUT2D eigenvalue weighted by Crippen LogP contribution is 2.27. The molecule has 1 heterocycles. The van der Waals surface area contributed by atoms with E-state index in [-0.39, 0.29) is 0 Å². The van der Waals surface area contributed by atoms with Crippen molar-refractivity contribution in [3.8, 4) is 5.88 Å². The summed E-state index contributed by atoms with van der Waals surface area (Å²) in [5.41, 5.74) is 1.23. The summed E-state index contributed by atoms with van der Waals surface area (Å²) >= 11 is 5.97. The van der Waals surface area contributed by atoms with Gasteiger partial charge in [-0.05, 0) is 36.6 Å². The van der Waals surface area contributed by atoms with Gasteiger partial charge in [-0.2, -0.15) is 0 Å². The summed E-state index contributed by atoms with van der Waals surface area (Å²) in [6.07, 6.45) is 3.92. The fraction of sp³-hybridized carbons (Fsp3) is 0.176. The molecule has 1 aromatic heterocycles. The zero-order chi connectivity index (χ0) is 13.9. The third kappa shape index (κ3) is 2.66. The van der Waals surface area contributed by atoms with Crippen molar-refractivity contribution in [1.29, 1.82) is 0 Å². The minimum atomic E-state index is 0.353. The van der Waals surface area contributed by atoms with Crippen molar-refractivity contribution in [3.63, 3.8) is 0 Å². The van der Waals surface area contributed by atoms with E-state index < -0.39 is 0 Å². The van der Waals surface area contributed by atoms with Crippen molar-refractivity contribution in [1.82, 2.24) is 4.57 Å². The summed E-state index contributed by atoms with van der Waals surface area (Å²) in [6, 6.07) is 15.8. The predicted molar refractivity (Wildman–Crippen MR) is 83.4 cm³/mol. The van der Waals surface area contributed by atoms with E-state index >= 15 is 0 Å². The standard InChI is InChI=1S/C17H16ClNO/c18-15-8-3-5-13(11-15)6-4-10-19-12-14-7-1-2-9-16(14)17(19)20/h1-3,5,7-9,11-12,20H,4,6,10H2. The molecule has 3 aromatic rings. The molecule has 3 heteroatoms. The Morgan fingerprint density at radius 1 is 1.05 bits per heavy atom. The first kappa shape index (κ1) is 13.1. The summed E-state index contributed by atoms with van der Waals surface area (Å²) in [4.78, 5) is 0. The topological polar surface area (TPSA) is 25.2 Å². The summed E-state index contributed by atoms with van der Waals surface area (Å²) in [6.45, 7) is 0.799. The first-order valence-corrected chi connectivity index (χ1v) is 7.13. The fourth-order valence-electron chi connectivity index (χ4n) is 2.51. The molecule has 20 heavy (non-hydrogen) atoms. The molecule has 0 atom stereocenters. The third-order valence-corrected chi connectivity index (χ3v) is 3.76. The SMILES string of the molecule is Oc1c2ccccc2cn1CCCc1cccc(Cl)c1. The maximum atomic E-state index is 10.2. The van der Waals surface area contributed by atoms with E-state index in [1.807, 2.05) is 53.2 Å². The highest BCUT2D eigenvalue weighted by Gasteiger charge is 2.06. The Bertz CT molecular complexity index is 733. The van der Waals surface area contributed by atoms with Gasteiger partial charge in [0.05, 0.1) is 0 Å². The molecule has 2 nitrogen and oxygen atoms in total. The van der Waals surface area contributed by atoms with E-state index in [4.69, 9.17) is 11.6 Å². The largest absolute Gasteiger partial charge is 0.494 e. The lowest BCUT2D eigenvalue weighted by Crippen LogP contribution is -1.97. The summed E-state index contributed by atoms with van der Waals surface area (Å²) in [5.74, 6) is 0.353. The van der Waals surface area contributed by atoms with Gasteiger partial charge in [0.25, 0.3) is 0 Å². The molecule has 0 saturated carbocycles. The number of aromatic hydroxyl groups is 1. The third-order valence-electron chi connectivity index (χ3n) is 3.52. The van der Waals surface area contributed by atoms with Crippen LogP contribution in [0, 0.1) is 0 Å². The number of aromatic nitrogens is 1. The van der Waals surface area contributed by atoms with E-state index in [0.717, 1.165) is 35.2 Å². The Hall–Kier alpha value is -1.93. The summed E-state index contributed by atoms with van der Waals surface area (Å²) < 4.78 is 1.91.